The number of hydrogen-bond donors (Lipinski definition) is 0. The van der Waals surface area contributed by atoms with E-state index < -0.39 is 0 Å². The maximum Gasteiger partial charge on any atom is 0.155 e. The van der Waals surface area contributed by atoms with Crippen LogP contribution in [0.4, 0.5) is 0 Å². The Hall–Kier alpha value is -0.920. The molecule has 3 fully saturated rings. The molecule has 5 atom stereocenters. The van der Waals surface area contributed by atoms with Crippen LogP contribution in [0.1, 0.15) is 71.6 Å². The second-order valence-electron chi connectivity index (χ2n) is 8.48. The number of carbonyl (C=O) groups is 2. The van der Waals surface area contributed by atoms with Gasteiger partial charge in [-0.15, -0.1) is 0 Å². The van der Waals surface area contributed by atoms with Crippen molar-refractivity contribution in [3.63, 3.8) is 0 Å². The number of hydrogen-bond acceptors (Lipinski definition) is 2. The summed E-state index contributed by atoms with van der Waals surface area (Å²) >= 11 is 0. The first kappa shape index (κ1) is 14.7. The van der Waals surface area contributed by atoms with Gasteiger partial charge in [0.25, 0.3) is 0 Å². The zero-order chi connectivity index (χ0) is 15.5. The summed E-state index contributed by atoms with van der Waals surface area (Å²) in [4.78, 5) is 24.3. The van der Waals surface area contributed by atoms with Gasteiger partial charge in [-0.05, 0) is 74.2 Å². The van der Waals surface area contributed by atoms with Crippen LogP contribution in [0.3, 0.4) is 0 Å². The van der Waals surface area contributed by atoms with Crippen molar-refractivity contribution in [2.45, 2.75) is 71.6 Å². The Morgan fingerprint density at radius 2 is 1.86 bits per heavy atom. The van der Waals surface area contributed by atoms with Crippen LogP contribution in [0.15, 0.2) is 11.6 Å². The maximum absolute atomic E-state index is 12.4. The molecule has 4 rings (SSSR count). The summed E-state index contributed by atoms with van der Waals surface area (Å²) in [7, 11) is 0. The SMILES string of the molecule is CC[C@]12CCC(=O)C=C1CCC1C3CCC(=O)C3(C)CCC12. The molecule has 0 bridgehead atoms. The molecule has 0 aromatic carbocycles. The van der Waals surface area contributed by atoms with Crippen molar-refractivity contribution in [2.75, 3.05) is 0 Å². The minimum atomic E-state index is -0.0260. The summed E-state index contributed by atoms with van der Waals surface area (Å²) in [6.45, 7) is 4.57. The largest absolute Gasteiger partial charge is 0.299 e. The summed E-state index contributed by atoms with van der Waals surface area (Å²) in [5, 5.41) is 0. The van der Waals surface area contributed by atoms with Crippen LogP contribution >= 0.6 is 0 Å². The Kier molecular flexibility index (Phi) is 3.19. The molecule has 0 heterocycles. The van der Waals surface area contributed by atoms with Crippen LogP contribution in [-0.2, 0) is 9.59 Å². The average Bonchev–Trinajstić information content (AvgIpc) is 2.82. The van der Waals surface area contributed by atoms with Crippen LogP contribution in [0.2, 0.25) is 0 Å². The van der Waals surface area contributed by atoms with Gasteiger partial charge in [0.15, 0.2) is 5.78 Å². The average molecular weight is 300 g/mol. The van der Waals surface area contributed by atoms with Gasteiger partial charge in [0.05, 0.1) is 0 Å². The lowest BCUT2D eigenvalue weighted by Crippen LogP contribution is -2.51. The molecule has 4 aliphatic carbocycles. The quantitative estimate of drug-likeness (QED) is 0.715. The van der Waals surface area contributed by atoms with Crippen molar-refractivity contribution in [1.29, 1.82) is 0 Å². The standard InChI is InChI=1S/C20H28O2/c1-3-20-11-8-14(21)12-13(20)4-5-15-16-6-7-18(22)19(16,2)10-9-17(15)20/h12,15-17H,3-11H2,1-2H3/t15?,16?,17?,19?,20-/m0/s1. The Labute approximate surface area is 133 Å². The van der Waals surface area contributed by atoms with E-state index in [-0.39, 0.29) is 10.8 Å². The molecule has 0 N–H and O–H groups in total. The van der Waals surface area contributed by atoms with E-state index in [1.165, 1.54) is 24.8 Å². The van der Waals surface area contributed by atoms with E-state index in [2.05, 4.69) is 13.8 Å². The Morgan fingerprint density at radius 3 is 2.64 bits per heavy atom. The van der Waals surface area contributed by atoms with Gasteiger partial charge in [0.2, 0.25) is 0 Å². The second-order valence-corrected chi connectivity index (χ2v) is 8.48. The highest BCUT2D eigenvalue weighted by Crippen LogP contribution is 2.65. The summed E-state index contributed by atoms with van der Waals surface area (Å²) < 4.78 is 0. The minimum absolute atomic E-state index is 0.0260. The molecule has 2 heteroatoms. The fourth-order valence-electron chi connectivity index (χ4n) is 6.80. The summed E-state index contributed by atoms with van der Waals surface area (Å²) in [5.74, 6) is 2.92. The third-order valence-corrected chi connectivity index (χ3v) is 8.03. The van der Waals surface area contributed by atoms with Gasteiger partial charge in [-0.2, -0.15) is 0 Å². The monoisotopic (exact) mass is 300 g/mol. The zero-order valence-corrected chi connectivity index (χ0v) is 14.0. The number of carbonyl (C=O) groups excluding carboxylic acids is 2. The number of fused-ring (bicyclic) bond motifs is 5. The van der Waals surface area contributed by atoms with Gasteiger partial charge < -0.3 is 0 Å². The third-order valence-electron chi connectivity index (χ3n) is 8.03. The normalized spacial score (nSPS) is 47.5. The molecule has 0 saturated heterocycles. The van der Waals surface area contributed by atoms with Gasteiger partial charge in [-0.3, -0.25) is 9.59 Å². The van der Waals surface area contributed by atoms with Crippen LogP contribution in [0.5, 0.6) is 0 Å². The van der Waals surface area contributed by atoms with Gasteiger partial charge in [-0.25, -0.2) is 0 Å². The number of Topliss-reactive ketones (excluding diaryl/α,β-unsaturated/α-hetero) is 1. The van der Waals surface area contributed by atoms with Crippen molar-refractivity contribution in [2.24, 2.45) is 28.6 Å². The Bertz CT molecular complexity index is 560. The molecule has 120 valence electrons. The topological polar surface area (TPSA) is 34.1 Å². The molecule has 4 unspecified atom stereocenters. The fraction of sp³-hybridized carbons (Fsp3) is 0.800. The molecule has 2 nitrogen and oxygen atoms in total. The van der Waals surface area contributed by atoms with E-state index >= 15 is 0 Å². The Balaban J connectivity index is 1.73. The van der Waals surface area contributed by atoms with E-state index in [0.29, 0.717) is 17.5 Å². The first-order chi connectivity index (χ1) is 10.5. The first-order valence-corrected chi connectivity index (χ1v) is 9.28. The van der Waals surface area contributed by atoms with Gasteiger partial charge >= 0.3 is 0 Å². The summed E-state index contributed by atoms with van der Waals surface area (Å²) in [6, 6.07) is 0. The summed E-state index contributed by atoms with van der Waals surface area (Å²) in [6.07, 6.45) is 11.5. The number of ketones is 2. The molecule has 0 aromatic heterocycles. The smallest absolute Gasteiger partial charge is 0.155 e. The van der Waals surface area contributed by atoms with E-state index in [4.69, 9.17) is 0 Å². The highest BCUT2D eigenvalue weighted by molar-refractivity contribution is 5.91. The predicted octanol–water partition coefficient (Wildman–Crippen LogP) is 4.48. The lowest BCUT2D eigenvalue weighted by Gasteiger charge is -2.58. The number of rotatable bonds is 1. The molecule has 0 radical (unpaired) electrons. The molecule has 0 amide bonds. The summed E-state index contributed by atoms with van der Waals surface area (Å²) in [5.41, 5.74) is 1.71. The van der Waals surface area contributed by atoms with Crippen LogP contribution in [0.25, 0.3) is 0 Å². The highest BCUT2D eigenvalue weighted by Gasteiger charge is 2.59. The maximum atomic E-state index is 12.4. The van der Waals surface area contributed by atoms with Gasteiger partial charge in [0.1, 0.15) is 5.78 Å². The highest BCUT2D eigenvalue weighted by atomic mass is 16.1. The van der Waals surface area contributed by atoms with Crippen molar-refractivity contribution in [3.8, 4) is 0 Å². The van der Waals surface area contributed by atoms with Crippen LogP contribution in [0, 0.1) is 28.6 Å². The van der Waals surface area contributed by atoms with Crippen LogP contribution < -0.4 is 0 Å². The lowest BCUT2D eigenvalue weighted by molar-refractivity contribution is -0.133. The molecular weight excluding hydrogens is 272 g/mol. The fourth-order valence-corrected chi connectivity index (χ4v) is 6.80. The third kappa shape index (κ3) is 1.73. The lowest BCUT2D eigenvalue weighted by atomic mass is 9.46. The molecule has 4 aliphatic rings. The van der Waals surface area contributed by atoms with Crippen molar-refractivity contribution >= 4 is 11.6 Å². The van der Waals surface area contributed by atoms with Crippen LogP contribution in [-0.4, -0.2) is 11.6 Å². The molecule has 0 aromatic rings. The van der Waals surface area contributed by atoms with E-state index in [9.17, 15) is 9.59 Å². The van der Waals surface area contributed by atoms with E-state index in [0.717, 1.165) is 50.4 Å². The van der Waals surface area contributed by atoms with Crippen molar-refractivity contribution < 1.29 is 9.59 Å². The second kappa shape index (κ2) is 4.79. The zero-order valence-electron chi connectivity index (χ0n) is 14.0. The first-order valence-electron chi connectivity index (χ1n) is 9.28. The Morgan fingerprint density at radius 1 is 1.05 bits per heavy atom. The van der Waals surface area contributed by atoms with E-state index in [1.807, 2.05) is 6.08 Å². The van der Waals surface area contributed by atoms with Gasteiger partial charge in [0, 0.05) is 18.3 Å². The molecular formula is C20H28O2. The van der Waals surface area contributed by atoms with Crippen molar-refractivity contribution in [1.82, 2.24) is 0 Å². The van der Waals surface area contributed by atoms with Crippen molar-refractivity contribution in [3.05, 3.63) is 11.6 Å². The number of allylic oxidation sites excluding steroid dienone is 1. The molecule has 3 saturated carbocycles. The molecule has 0 aliphatic heterocycles. The van der Waals surface area contributed by atoms with E-state index in [1.54, 1.807) is 0 Å². The van der Waals surface area contributed by atoms with Gasteiger partial charge in [-0.1, -0.05) is 19.4 Å². The minimum Gasteiger partial charge on any atom is -0.299 e. The molecule has 22 heavy (non-hydrogen) atoms. The molecule has 0 spiro atoms. The predicted molar refractivity (Wildman–Crippen MR) is 86.3 cm³/mol.